The number of hydrogen-bond donors (Lipinski definition) is 28. The molecule has 688 valence electrons. The molecule has 16 atom stereocenters. The van der Waals surface area contributed by atoms with Crippen molar-refractivity contribution in [3.05, 3.63) is 0 Å². The van der Waals surface area contributed by atoms with E-state index in [0.717, 1.165) is 0 Å². The molecule has 122 heavy (non-hydrogen) atoms. The van der Waals surface area contributed by atoms with E-state index in [1.807, 2.05) is 5.32 Å². The molecule has 0 rings (SSSR count). The highest BCUT2D eigenvalue weighted by molar-refractivity contribution is 6.02. The number of nitrogens with one attached hydrogen (secondary N) is 19. The van der Waals surface area contributed by atoms with E-state index in [9.17, 15) is 116 Å². The van der Waals surface area contributed by atoms with Crippen LogP contribution in [0, 0.1) is 34.5 Å². The highest BCUT2D eigenvalue weighted by Crippen LogP contribution is 2.16. The van der Waals surface area contributed by atoms with Gasteiger partial charge in [-0.25, -0.2) is 4.79 Å². The molecule has 49 heteroatoms. The largest absolute Gasteiger partial charge is 0.481 e. The molecule has 34 N–H and O–H groups in total. The first-order valence-electron chi connectivity index (χ1n) is 39.9. The van der Waals surface area contributed by atoms with Gasteiger partial charge >= 0.3 is 17.9 Å². The summed E-state index contributed by atoms with van der Waals surface area (Å²) in [6, 6.07) is -21.1. The van der Waals surface area contributed by atoms with E-state index in [0.29, 0.717) is 12.8 Å². The molecule has 0 aliphatic carbocycles. The highest BCUT2D eigenvalue weighted by atomic mass is 16.4. The van der Waals surface area contributed by atoms with Gasteiger partial charge in [-0.3, -0.25) is 107 Å². The van der Waals surface area contributed by atoms with Gasteiger partial charge < -0.3 is 140 Å². The summed E-state index contributed by atoms with van der Waals surface area (Å²) in [5.74, 6) is -27.1. The molecule has 18 amide bonds. The third-order valence-corrected chi connectivity index (χ3v) is 18.9. The number of guanidine groups is 2. The molecule has 0 saturated carbocycles. The predicted octanol–water partition coefficient (Wildman–Crippen LogP) is -9.16. The summed E-state index contributed by atoms with van der Waals surface area (Å²) in [6.45, 7) is 13.5. The lowest BCUT2D eigenvalue weighted by Gasteiger charge is -2.30. The third kappa shape index (κ3) is 44.4. The molecule has 0 radical (unpaired) electrons. The van der Waals surface area contributed by atoms with Crippen LogP contribution in [0.5, 0.6) is 0 Å². The van der Waals surface area contributed by atoms with Crippen molar-refractivity contribution in [2.75, 3.05) is 32.7 Å². The van der Waals surface area contributed by atoms with E-state index < -0.39 is 284 Å². The number of nitrogens with two attached hydrogens (primary N) is 6. The van der Waals surface area contributed by atoms with Gasteiger partial charge in [0.05, 0.1) is 38.9 Å². The second-order valence-electron chi connectivity index (χ2n) is 29.7. The van der Waals surface area contributed by atoms with Gasteiger partial charge in [0.2, 0.25) is 106 Å². The minimum absolute atomic E-state index is 0.00243. The van der Waals surface area contributed by atoms with Crippen LogP contribution in [0.15, 0.2) is 0 Å². The van der Waals surface area contributed by atoms with E-state index in [1.54, 1.807) is 55.4 Å². The van der Waals surface area contributed by atoms with Crippen molar-refractivity contribution in [2.45, 2.75) is 263 Å². The summed E-state index contributed by atoms with van der Waals surface area (Å²) in [4.78, 5) is 279. The van der Waals surface area contributed by atoms with Crippen LogP contribution in [0.25, 0.3) is 0 Å². The second kappa shape index (κ2) is 57.5. The molecule has 49 nitrogen and oxygen atoms in total. The zero-order chi connectivity index (χ0) is 93.4. The summed E-state index contributed by atoms with van der Waals surface area (Å²) in [6.07, 6.45) is -3.78. The van der Waals surface area contributed by atoms with Gasteiger partial charge in [-0.1, -0.05) is 94.4 Å². The van der Waals surface area contributed by atoms with Crippen LogP contribution in [0.2, 0.25) is 0 Å². The summed E-state index contributed by atoms with van der Waals surface area (Å²) >= 11 is 0. The first-order valence-corrected chi connectivity index (χ1v) is 39.9. The molecular formula is C73H127N25O24. The number of hydrogen-bond acceptors (Lipinski definition) is 24. The summed E-state index contributed by atoms with van der Waals surface area (Å²) in [5.41, 5.74) is 32.2. The summed E-state index contributed by atoms with van der Waals surface area (Å²) < 4.78 is 0. The van der Waals surface area contributed by atoms with Crippen LogP contribution in [0.4, 0.5) is 0 Å². The molecule has 0 aromatic carbocycles. The summed E-state index contributed by atoms with van der Waals surface area (Å²) in [5, 5.41) is 84.7. The lowest BCUT2D eigenvalue weighted by atomic mass is 9.94. The van der Waals surface area contributed by atoms with Gasteiger partial charge in [-0.05, 0) is 82.0 Å². The van der Waals surface area contributed by atoms with Crippen LogP contribution in [0.1, 0.15) is 185 Å². The van der Waals surface area contributed by atoms with Gasteiger partial charge in [0.1, 0.15) is 78.5 Å². The van der Waals surface area contributed by atoms with Gasteiger partial charge in [0.25, 0.3) is 0 Å². The number of aliphatic carboxylic acids is 3. The van der Waals surface area contributed by atoms with Crippen molar-refractivity contribution in [1.82, 2.24) is 90.4 Å². The Hall–Kier alpha value is -12.6. The van der Waals surface area contributed by atoms with Crippen molar-refractivity contribution in [3.63, 3.8) is 0 Å². The Morgan fingerprint density at radius 2 is 0.639 bits per heavy atom. The standard InChI is InChI=1S/C73H127N25O24/c1-11-15-18-39(90-62(112)41(21-23-48(75)99)87-51(102)31-74)60(110)84-32-52(103)88-40(19-16-25-82-72(78)79)61(111)91-42(22-24-49(76)100)63(113)93-44(27-34(5)6)64(114)86-38(10)59(109)96-58(37(9)14-4)70(120)98-56(35(7)12-2)68(118)85-33-53(104)89-46(29-54(105)106)66(116)94-47(30-55(107)108)67(117)97-57(36(8)13-3)69(119)95-45(28-50(77)101)65(115)92-43(71(121)122)20-17-26-83-73(80)81/h34-47,56-58H,11-33,74H2,1-10H3,(H2,75,99)(H2,76,100)(H2,77,101)(H,84,110)(H,85,118)(H,86,114)(H,87,102)(H,88,103)(H,89,104)(H,90,112)(H,91,111)(H,92,115)(H,93,113)(H,94,116)(H,95,119)(H,96,109)(H,97,117)(H,98,120)(H,105,106)(H,107,108)(H,121,122)(H4,78,79,82)(H4,80,81,83)/t35-,36-,37-,38-,39-,40-,41-,42-,43-,44-,45-,46-,47-,56-,57-,58-/m0/s1. The smallest absolute Gasteiger partial charge is 0.326 e. The number of primary amides is 3. The Labute approximate surface area is 705 Å². The van der Waals surface area contributed by atoms with Gasteiger partial charge in [0, 0.05) is 25.9 Å². The molecule has 0 heterocycles. The van der Waals surface area contributed by atoms with Crippen molar-refractivity contribution in [2.24, 2.45) is 58.1 Å². The fraction of sp³-hybridized carbons (Fsp3) is 0.685. The first-order chi connectivity index (χ1) is 57.1. The first kappa shape index (κ1) is 109. The molecule has 0 aromatic heterocycles. The van der Waals surface area contributed by atoms with Crippen molar-refractivity contribution >= 4 is 136 Å². The zero-order valence-corrected chi connectivity index (χ0v) is 70.5. The Kier molecular flexibility index (Phi) is 51.6. The number of amides is 18. The maximum absolute atomic E-state index is 14.3. The fourth-order valence-corrected chi connectivity index (χ4v) is 11.4. The van der Waals surface area contributed by atoms with Crippen molar-refractivity contribution in [3.8, 4) is 0 Å². The minimum Gasteiger partial charge on any atom is -0.481 e. The minimum atomic E-state index is -2.13. The molecule has 0 aliphatic heterocycles. The average molecular weight is 1740 g/mol. The monoisotopic (exact) mass is 1740 g/mol. The molecule has 0 bridgehead atoms. The molecule has 0 saturated heterocycles. The number of rotatable bonds is 62. The van der Waals surface area contributed by atoms with Crippen LogP contribution in [0.3, 0.4) is 0 Å². The Morgan fingerprint density at radius 3 is 1.06 bits per heavy atom. The summed E-state index contributed by atoms with van der Waals surface area (Å²) in [7, 11) is 0. The van der Waals surface area contributed by atoms with Crippen LogP contribution in [-0.4, -0.2) is 263 Å². The number of carboxylic acids is 3. The van der Waals surface area contributed by atoms with E-state index in [2.05, 4.69) is 85.1 Å². The molecule has 0 aliphatic rings. The molecular weight excluding hydrogens is 1610 g/mol. The van der Waals surface area contributed by atoms with E-state index in [-0.39, 0.29) is 89.6 Å². The lowest BCUT2D eigenvalue weighted by molar-refractivity contribution is -0.143. The zero-order valence-electron chi connectivity index (χ0n) is 70.5. The quantitative estimate of drug-likeness (QED) is 0.0153. The Balaban J connectivity index is 6.77. The Bertz CT molecular complexity index is 3660. The van der Waals surface area contributed by atoms with Crippen LogP contribution >= 0.6 is 0 Å². The molecule has 0 aromatic rings. The van der Waals surface area contributed by atoms with Gasteiger partial charge in [-0.15, -0.1) is 0 Å². The number of carbonyl (C=O) groups is 21. The topological polar surface area (TPSA) is 827 Å². The maximum atomic E-state index is 14.3. The van der Waals surface area contributed by atoms with Crippen LogP contribution in [-0.2, 0) is 101 Å². The number of unbranched alkanes of at least 4 members (excludes halogenated alkanes) is 1. The van der Waals surface area contributed by atoms with E-state index in [4.69, 9.17) is 45.2 Å². The molecule has 0 fully saturated rings. The normalized spacial score (nSPS) is 14.9. The van der Waals surface area contributed by atoms with Gasteiger partial charge in [0.15, 0.2) is 11.9 Å². The van der Waals surface area contributed by atoms with E-state index in [1.165, 1.54) is 13.8 Å². The predicted molar refractivity (Wildman–Crippen MR) is 434 cm³/mol. The van der Waals surface area contributed by atoms with Crippen LogP contribution < -0.4 is 125 Å². The second-order valence-corrected chi connectivity index (χ2v) is 29.7. The van der Waals surface area contributed by atoms with Crippen molar-refractivity contribution in [1.29, 1.82) is 10.8 Å². The lowest BCUT2D eigenvalue weighted by Crippen LogP contribution is -2.61. The average Bonchev–Trinajstić information content (AvgIpc) is 0.837. The fourth-order valence-electron chi connectivity index (χ4n) is 11.4. The maximum Gasteiger partial charge on any atom is 0.326 e. The third-order valence-electron chi connectivity index (χ3n) is 18.9. The highest BCUT2D eigenvalue weighted by Gasteiger charge is 2.40. The van der Waals surface area contributed by atoms with Crippen molar-refractivity contribution < 1.29 is 116 Å². The number of carboxylic acid groups (broad SMARTS) is 3. The number of carbonyl (C=O) groups excluding carboxylic acids is 18. The van der Waals surface area contributed by atoms with E-state index >= 15 is 0 Å². The Morgan fingerprint density at radius 1 is 0.320 bits per heavy atom. The van der Waals surface area contributed by atoms with Gasteiger partial charge in [-0.2, -0.15) is 0 Å². The molecule has 0 unspecified atom stereocenters. The molecule has 0 spiro atoms. The SMILES string of the molecule is CCCC[C@H](NC(=O)[C@H](CCC(N)=O)NC(=O)CN)C(=O)NCC(=O)N[C@@H](CCCNC(=N)N)C(=O)N[C@@H](CCC(N)=O)C(=O)N[C@@H](CC(C)C)C(=O)N[C@@H](C)C(=O)N[C@H](C(=O)N[C@H](C(=O)NCC(=O)N[C@@H](CC(=O)O)C(=O)N[C@@H](CC(=O)O)C(=O)N[C@H](C(=O)N[C@@H](CC(N)=O)C(=O)N[C@@H](CCCNC(=N)N)C(=O)O)[C@@H](C)CC)[C@@H](C)CC)[C@@H](C)CC.